The summed E-state index contributed by atoms with van der Waals surface area (Å²) in [6.45, 7) is 5.11. The molecule has 0 spiro atoms. The Kier molecular flexibility index (Phi) is 5.30. The molecule has 0 heterocycles. The van der Waals surface area contributed by atoms with E-state index >= 15 is 0 Å². The minimum absolute atomic E-state index is 0.190. The average Bonchev–Trinajstić information content (AvgIpc) is 2.38. The molecular formula is C14H22FN3O. The number of nitrogens with zero attached hydrogens (tertiary/aromatic N) is 2. The van der Waals surface area contributed by atoms with Crippen LogP contribution < -0.4 is 5.73 Å². The van der Waals surface area contributed by atoms with E-state index in [9.17, 15) is 4.39 Å². The minimum atomic E-state index is -0.377. The van der Waals surface area contributed by atoms with Crippen molar-refractivity contribution in [2.75, 3.05) is 13.6 Å². The zero-order valence-corrected chi connectivity index (χ0v) is 11.7. The zero-order valence-electron chi connectivity index (χ0n) is 11.7. The average molecular weight is 267 g/mol. The van der Waals surface area contributed by atoms with E-state index in [1.54, 1.807) is 12.1 Å². The maximum atomic E-state index is 13.5. The molecule has 1 rings (SSSR count). The van der Waals surface area contributed by atoms with Gasteiger partial charge in [0.25, 0.3) is 0 Å². The maximum Gasteiger partial charge on any atom is 0.144 e. The van der Waals surface area contributed by atoms with Crippen molar-refractivity contribution in [1.82, 2.24) is 4.90 Å². The van der Waals surface area contributed by atoms with Gasteiger partial charge >= 0.3 is 0 Å². The summed E-state index contributed by atoms with van der Waals surface area (Å²) in [4.78, 5) is 2.02. The van der Waals surface area contributed by atoms with Gasteiger partial charge in [-0.3, -0.25) is 0 Å². The number of halogens is 1. The first-order valence-corrected chi connectivity index (χ1v) is 6.27. The lowest BCUT2D eigenvalue weighted by Crippen LogP contribution is -2.35. The SMILES string of the molecule is CN(CCC(C)(C)C(N)=NO)Cc1ccccc1F. The number of benzene rings is 1. The van der Waals surface area contributed by atoms with Crippen LogP contribution in [0.5, 0.6) is 0 Å². The lowest BCUT2D eigenvalue weighted by Gasteiger charge is -2.26. The molecule has 0 atom stereocenters. The van der Waals surface area contributed by atoms with Gasteiger partial charge in [0, 0.05) is 17.5 Å². The third-order valence-electron chi connectivity index (χ3n) is 3.32. The lowest BCUT2D eigenvalue weighted by molar-refractivity contribution is 0.270. The highest BCUT2D eigenvalue weighted by molar-refractivity contribution is 5.85. The van der Waals surface area contributed by atoms with Crippen LogP contribution >= 0.6 is 0 Å². The van der Waals surface area contributed by atoms with Crippen LogP contribution in [0.15, 0.2) is 29.4 Å². The molecule has 0 saturated carbocycles. The number of nitrogens with two attached hydrogens (primary N) is 1. The monoisotopic (exact) mass is 267 g/mol. The van der Waals surface area contributed by atoms with Gasteiger partial charge in [-0.1, -0.05) is 37.2 Å². The predicted octanol–water partition coefficient (Wildman–Crippen LogP) is 2.42. The van der Waals surface area contributed by atoms with Gasteiger partial charge < -0.3 is 15.8 Å². The van der Waals surface area contributed by atoms with Crippen LogP contribution in [0, 0.1) is 11.2 Å². The fourth-order valence-corrected chi connectivity index (χ4v) is 1.73. The van der Waals surface area contributed by atoms with E-state index in [1.807, 2.05) is 31.9 Å². The van der Waals surface area contributed by atoms with Crippen molar-refractivity contribution in [3.8, 4) is 0 Å². The van der Waals surface area contributed by atoms with E-state index in [1.165, 1.54) is 6.07 Å². The predicted molar refractivity (Wildman–Crippen MR) is 74.5 cm³/mol. The van der Waals surface area contributed by atoms with Crippen molar-refractivity contribution in [3.63, 3.8) is 0 Å². The highest BCUT2D eigenvalue weighted by Gasteiger charge is 2.23. The molecule has 0 fully saturated rings. The molecule has 0 aliphatic heterocycles. The molecule has 0 aromatic heterocycles. The second-order valence-corrected chi connectivity index (χ2v) is 5.45. The summed E-state index contributed by atoms with van der Waals surface area (Å²) in [6.07, 6.45) is 0.730. The Balaban J connectivity index is 2.53. The van der Waals surface area contributed by atoms with Gasteiger partial charge in [0.15, 0.2) is 0 Å². The Hall–Kier alpha value is -1.62. The van der Waals surface area contributed by atoms with Crippen LogP contribution in [0.25, 0.3) is 0 Å². The molecule has 3 N–H and O–H groups in total. The normalized spacial score (nSPS) is 13.0. The Morgan fingerprint density at radius 1 is 1.42 bits per heavy atom. The summed E-state index contributed by atoms with van der Waals surface area (Å²) < 4.78 is 13.5. The molecule has 106 valence electrons. The van der Waals surface area contributed by atoms with Crippen molar-refractivity contribution in [2.45, 2.75) is 26.8 Å². The van der Waals surface area contributed by atoms with Gasteiger partial charge in [0.1, 0.15) is 11.7 Å². The van der Waals surface area contributed by atoms with Crippen molar-refractivity contribution in [1.29, 1.82) is 0 Å². The first-order valence-electron chi connectivity index (χ1n) is 6.27. The quantitative estimate of drug-likeness (QED) is 0.360. The fourth-order valence-electron chi connectivity index (χ4n) is 1.73. The number of oxime groups is 1. The van der Waals surface area contributed by atoms with E-state index in [0.29, 0.717) is 12.1 Å². The van der Waals surface area contributed by atoms with Crippen LogP contribution in [0.4, 0.5) is 4.39 Å². The van der Waals surface area contributed by atoms with Crippen molar-refractivity contribution in [2.24, 2.45) is 16.3 Å². The molecule has 0 bridgehead atoms. The van der Waals surface area contributed by atoms with E-state index in [4.69, 9.17) is 10.9 Å². The number of hydrogen-bond acceptors (Lipinski definition) is 3. The number of hydrogen-bond donors (Lipinski definition) is 2. The molecule has 1 aromatic carbocycles. The van der Waals surface area contributed by atoms with Crippen LogP contribution in [0.2, 0.25) is 0 Å². The summed E-state index contributed by atoms with van der Waals surface area (Å²) in [5.41, 5.74) is 5.93. The maximum absolute atomic E-state index is 13.5. The molecular weight excluding hydrogens is 245 g/mol. The topological polar surface area (TPSA) is 61.8 Å². The Bertz CT molecular complexity index is 446. The van der Waals surface area contributed by atoms with Crippen LogP contribution in [0.1, 0.15) is 25.8 Å². The summed E-state index contributed by atoms with van der Waals surface area (Å²) in [5, 5.41) is 11.8. The van der Waals surface area contributed by atoms with E-state index in [0.717, 1.165) is 13.0 Å². The Morgan fingerprint density at radius 3 is 2.63 bits per heavy atom. The Morgan fingerprint density at radius 2 is 2.05 bits per heavy atom. The smallest absolute Gasteiger partial charge is 0.144 e. The molecule has 0 amide bonds. The van der Waals surface area contributed by atoms with Crippen molar-refractivity contribution < 1.29 is 9.60 Å². The van der Waals surface area contributed by atoms with Crippen molar-refractivity contribution in [3.05, 3.63) is 35.6 Å². The first-order chi connectivity index (χ1) is 8.86. The van der Waals surface area contributed by atoms with Gasteiger partial charge in [-0.15, -0.1) is 0 Å². The third-order valence-corrected chi connectivity index (χ3v) is 3.32. The highest BCUT2D eigenvalue weighted by Crippen LogP contribution is 2.21. The zero-order chi connectivity index (χ0) is 14.5. The molecule has 0 aliphatic carbocycles. The molecule has 1 aromatic rings. The molecule has 0 aliphatic rings. The van der Waals surface area contributed by atoms with Crippen LogP contribution in [-0.2, 0) is 6.54 Å². The van der Waals surface area contributed by atoms with Gasteiger partial charge in [-0.2, -0.15) is 0 Å². The van der Waals surface area contributed by atoms with Crippen LogP contribution in [0.3, 0.4) is 0 Å². The number of rotatable bonds is 6. The highest BCUT2D eigenvalue weighted by atomic mass is 19.1. The second kappa shape index (κ2) is 6.52. The fraction of sp³-hybridized carbons (Fsp3) is 0.500. The molecule has 5 heteroatoms. The molecule has 4 nitrogen and oxygen atoms in total. The lowest BCUT2D eigenvalue weighted by atomic mass is 9.88. The standard InChI is InChI=1S/C14H22FN3O/c1-14(2,13(16)17-19)8-9-18(3)10-11-6-4-5-7-12(11)15/h4-7,19H,8-10H2,1-3H3,(H2,16,17). The summed E-state index contributed by atoms with van der Waals surface area (Å²) in [6, 6.07) is 6.75. The van der Waals surface area contributed by atoms with Gasteiger partial charge in [-0.05, 0) is 26.1 Å². The third kappa shape index (κ3) is 4.52. The summed E-state index contributed by atoms with van der Waals surface area (Å²) in [5.74, 6) is 0.0248. The summed E-state index contributed by atoms with van der Waals surface area (Å²) in [7, 11) is 1.93. The summed E-state index contributed by atoms with van der Waals surface area (Å²) >= 11 is 0. The van der Waals surface area contributed by atoms with E-state index < -0.39 is 0 Å². The van der Waals surface area contributed by atoms with E-state index in [2.05, 4.69) is 5.16 Å². The molecule has 19 heavy (non-hydrogen) atoms. The largest absolute Gasteiger partial charge is 0.409 e. The first kappa shape index (κ1) is 15.4. The van der Waals surface area contributed by atoms with Gasteiger partial charge in [-0.25, -0.2) is 4.39 Å². The number of amidine groups is 1. The van der Waals surface area contributed by atoms with E-state index in [-0.39, 0.29) is 17.1 Å². The van der Waals surface area contributed by atoms with Gasteiger partial charge in [0.2, 0.25) is 0 Å². The molecule has 0 unspecified atom stereocenters. The minimum Gasteiger partial charge on any atom is -0.409 e. The van der Waals surface area contributed by atoms with Crippen LogP contribution in [-0.4, -0.2) is 29.5 Å². The Labute approximate surface area is 113 Å². The molecule has 0 radical (unpaired) electrons. The second-order valence-electron chi connectivity index (χ2n) is 5.45. The van der Waals surface area contributed by atoms with Crippen molar-refractivity contribution >= 4 is 5.84 Å². The van der Waals surface area contributed by atoms with Gasteiger partial charge in [0.05, 0.1) is 0 Å². The molecule has 0 saturated heterocycles.